The zero-order valence-corrected chi connectivity index (χ0v) is 28.2. The Kier molecular flexibility index (Phi) is 10.5. The normalized spacial score (nSPS) is 16.7. The number of aromatic nitrogens is 4. The largest absolute Gasteiger partial charge is 0.496 e. The first-order chi connectivity index (χ1) is 21.6. The summed E-state index contributed by atoms with van der Waals surface area (Å²) in [5.41, 5.74) is 3.24. The summed E-state index contributed by atoms with van der Waals surface area (Å²) in [6.45, 7) is 11.6. The number of ether oxygens (including phenoxy) is 1. The van der Waals surface area contributed by atoms with Crippen LogP contribution in [0.25, 0.3) is 11.1 Å². The first-order valence-electron chi connectivity index (χ1n) is 15.3. The molecule has 0 aliphatic carbocycles. The molecule has 2 N–H and O–H groups in total. The van der Waals surface area contributed by atoms with Crippen molar-refractivity contribution in [2.45, 2.75) is 32.7 Å². The van der Waals surface area contributed by atoms with Crippen LogP contribution in [0, 0.1) is 0 Å². The summed E-state index contributed by atoms with van der Waals surface area (Å²) in [5.74, 6) is 1.60. The Morgan fingerprint density at radius 1 is 0.933 bits per heavy atom. The Labute approximate surface area is 271 Å². The predicted octanol–water partition coefficient (Wildman–Crippen LogP) is 3.77. The zero-order valence-electron chi connectivity index (χ0n) is 26.6. The van der Waals surface area contributed by atoms with Gasteiger partial charge >= 0.3 is 0 Å². The van der Waals surface area contributed by atoms with E-state index in [1.54, 1.807) is 7.11 Å². The number of nitrogens with one attached hydrogen (secondary N) is 2. The fourth-order valence-electron chi connectivity index (χ4n) is 5.95. The van der Waals surface area contributed by atoms with Crippen molar-refractivity contribution in [1.82, 2.24) is 29.7 Å². The molecule has 0 saturated carbocycles. The Morgan fingerprint density at radius 2 is 1.58 bits per heavy atom. The summed E-state index contributed by atoms with van der Waals surface area (Å²) >= 11 is 6.35. The number of anilines is 5. The number of methoxy groups -OCH3 is 1. The molecule has 5 rings (SSSR count). The third-order valence-electron chi connectivity index (χ3n) is 8.51. The lowest BCUT2D eigenvalue weighted by molar-refractivity contribution is 0.175. The molecule has 0 atom stereocenters. The molecule has 2 aromatic heterocycles. The van der Waals surface area contributed by atoms with Gasteiger partial charge in [0.15, 0.2) is 11.0 Å². The summed E-state index contributed by atoms with van der Waals surface area (Å²) < 4.78 is 32.8. The molecule has 0 spiro atoms. The van der Waals surface area contributed by atoms with Crippen molar-refractivity contribution in [3.05, 3.63) is 36.0 Å². The van der Waals surface area contributed by atoms with Crippen molar-refractivity contribution in [2.24, 2.45) is 0 Å². The standard InChI is InChI=1S/C30H43ClN10O3S/c1-6-22(7-2)39-12-14-40(15-13-39)25-17-26(44-4)23(21-18-32-30(33-19-21)41-10-8-38(3)9-11-41)16-24(25)36-29-27(37-45(5,42)43)28(31)34-20-35-29/h16-20,22,37H,6-15H2,1-5H3,(H,34,35,36). The maximum absolute atomic E-state index is 12.2. The summed E-state index contributed by atoms with van der Waals surface area (Å²) in [4.78, 5) is 27.1. The Hall–Kier alpha value is -3.46. The van der Waals surface area contributed by atoms with E-state index in [1.165, 1.54) is 6.33 Å². The van der Waals surface area contributed by atoms with Crippen LogP contribution in [0.2, 0.25) is 5.15 Å². The number of hydrogen-bond donors (Lipinski definition) is 2. The van der Waals surface area contributed by atoms with Crippen LogP contribution in [-0.2, 0) is 10.0 Å². The number of rotatable bonds is 11. The fraction of sp³-hybridized carbons (Fsp3) is 0.533. The average molecular weight is 659 g/mol. The quantitative estimate of drug-likeness (QED) is 0.291. The van der Waals surface area contributed by atoms with Gasteiger partial charge in [0.25, 0.3) is 0 Å². The van der Waals surface area contributed by atoms with E-state index < -0.39 is 10.0 Å². The maximum Gasteiger partial charge on any atom is 0.230 e. The second kappa shape index (κ2) is 14.3. The van der Waals surface area contributed by atoms with E-state index >= 15 is 0 Å². The van der Waals surface area contributed by atoms with Gasteiger partial charge in [0.05, 0.1) is 24.7 Å². The van der Waals surface area contributed by atoms with Gasteiger partial charge in [-0.25, -0.2) is 28.4 Å². The number of sulfonamides is 1. The lowest BCUT2D eigenvalue weighted by Crippen LogP contribution is -2.50. The van der Waals surface area contributed by atoms with E-state index in [2.05, 4.69) is 60.5 Å². The monoisotopic (exact) mass is 658 g/mol. The van der Waals surface area contributed by atoms with Gasteiger partial charge in [-0.05, 0) is 26.0 Å². The van der Waals surface area contributed by atoms with Crippen LogP contribution in [0.3, 0.4) is 0 Å². The van der Waals surface area contributed by atoms with Crippen LogP contribution in [0.4, 0.5) is 28.8 Å². The highest BCUT2D eigenvalue weighted by molar-refractivity contribution is 7.92. The van der Waals surface area contributed by atoms with E-state index in [0.717, 1.165) is 88.3 Å². The molecule has 0 bridgehead atoms. The van der Waals surface area contributed by atoms with Gasteiger partial charge in [0, 0.05) is 88.0 Å². The van der Waals surface area contributed by atoms with Crippen molar-refractivity contribution in [3.63, 3.8) is 0 Å². The number of likely N-dealkylation sites (N-methyl/N-ethyl adjacent to an activating group) is 1. The molecule has 15 heteroatoms. The van der Waals surface area contributed by atoms with E-state index in [9.17, 15) is 8.42 Å². The second-order valence-corrected chi connectivity index (χ2v) is 13.6. The predicted molar refractivity (Wildman–Crippen MR) is 181 cm³/mol. The van der Waals surface area contributed by atoms with Crippen LogP contribution in [0.15, 0.2) is 30.9 Å². The Morgan fingerprint density at radius 3 is 2.18 bits per heavy atom. The smallest absolute Gasteiger partial charge is 0.230 e. The molecule has 3 aromatic rings. The SMILES string of the molecule is CCC(CC)N1CCN(c2cc(OC)c(-c3cnc(N4CCN(C)CC4)nc3)cc2Nc2ncnc(Cl)c2NS(C)(=O)=O)CC1. The van der Waals surface area contributed by atoms with Crippen LogP contribution < -0.4 is 24.6 Å². The van der Waals surface area contributed by atoms with Gasteiger partial charge in [-0.2, -0.15) is 0 Å². The molecule has 1 aromatic carbocycles. The Bertz CT molecular complexity index is 1560. The highest BCUT2D eigenvalue weighted by Crippen LogP contribution is 2.42. The molecule has 45 heavy (non-hydrogen) atoms. The lowest BCUT2D eigenvalue weighted by atomic mass is 10.0. The van der Waals surface area contributed by atoms with Crippen molar-refractivity contribution >= 4 is 50.5 Å². The second-order valence-electron chi connectivity index (χ2n) is 11.5. The van der Waals surface area contributed by atoms with E-state index in [1.807, 2.05) is 24.5 Å². The van der Waals surface area contributed by atoms with Crippen molar-refractivity contribution < 1.29 is 13.2 Å². The van der Waals surface area contributed by atoms with Crippen LogP contribution in [0.1, 0.15) is 26.7 Å². The van der Waals surface area contributed by atoms with Gasteiger partial charge in [-0.3, -0.25) is 9.62 Å². The Balaban J connectivity index is 1.53. The zero-order chi connectivity index (χ0) is 32.1. The van der Waals surface area contributed by atoms with Gasteiger partial charge < -0.3 is 24.8 Å². The molecule has 13 nitrogen and oxygen atoms in total. The molecule has 244 valence electrons. The average Bonchev–Trinajstić information content (AvgIpc) is 3.03. The van der Waals surface area contributed by atoms with E-state index in [-0.39, 0.29) is 16.7 Å². The molecule has 2 aliphatic heterocycles. The summed E-state index contributed by atoms with van der Waals surface area (Å²) in [7, 11) is 0.111. The van der Waals surface area contributed by atoms with Gasteiger partial charge in [0.2, 0.25) is 16.0 Å². The van der Waals surface area contributed by atoms with Crippen LogP contribution in [0.5, 0.6) is 5.75 Å². The number of hydrogen-bond acceptors (Lipinski definition) is 12. The molecule has 4 heterocycles. The number of benzene rings is 1. The molecule has 0 unspecified atom stereocenters. The molecular weight excluding hydrogens is 616 g/mol. The highest BCUT2D eigenvalue weighted by atomic mass is 35.5. The third-order valence-corrected chi connectivity index (χ3v) is 9.37. The minimum atomic E-state index is -3.66. The number of piperazine rings is 2. The minimum Gasteiger partial charge on any atom is -0.496 e. The molecule has 2 saturated heterocycles. The molecule has 2 fully saturated rings. The van der Waals surface area contributed by atoms with Crippen molar-refractivity contribution in [1.29, 1.82) is 0 Å². The fourth-order valence-corrected chi connectivity index (χ4v) is 6.75. The molecule has 0 radical (unpaired) electrons. The summed E-state index contributed by atoms with van der Waals surface area (Å²) in [6, 6.07) is 4.53. The highest BCUT2D eigenvalue weighted by Gasteiger charge is 2.26. The molecular formula is C30H43ClN10O3S. The molecule has 0 amide bonds. The van der Waals surface area contributed by atoms with Crippen LogP contribution in [-0.4, -0.2) is 117 Å². The summed E-state index contributed by atoms with van der Waals surface area (Å²) in [6.07, 6.45) is 8.21. The van der Waals surface area contributed by atoms with E-state index in [0.29, 0.717) is 23.4 Å². The maximum atomic E-state index is 12.2. The van der Waals surface area contributed by atoms with Gasteiger partial charge in [-0.1, -0.05) is 25.4 Å². The lowest BCUT2D eigenvalue weighted by Gasteiger charge is -2.40. The third kappa shape index (κ3) is 7.86. The van der Waals surface area contributed by atoms with E-state index in [4.69, 9.17) is 26.3 Å². The topological polar surface area (TPSA) is 132 Å². The summed E-state index contributed by atoms with van der Waals surface area (Å²) in [5, 5.41) is 3.35. The number of nitrogens with zero attached hydrogens (tertiary/aromatic N) is 8. The van der Waals surface area contributed by atoms with Crippen LogP contribution >= 0.6 is 11.6 Å². The minimum absolute atomic E-state index is 0.0140. The first-order valence-corrected chi connectivity index (χ1v) is 17.6. The van der Waals surface area contributed by atoms with Crippen molar-refractivity contribution in [2.75, 3.05) is 92.6 Å². The first kappa shape index (κ1) is 32.9. The van der Waals surface area contributed by atoms with Gasteiger partial charge in [0.1, 0.15) is 17.8 Å². The number of halogens is 1. The molecule has 2 aliphatic rings. The van der Waals surface area contributed by atoms with Crippen molar-refractivity contribution in [3.8, 4) is 16.9 Å². The van der Waals surface area contributed by atoms with Gasteiger partial charge in [-0.15, -0.1) is 0 Å².